The highest BCUT2D eigenvalue weighted by Gasteiger charge is 2.32. The molecule has 1 saturated heterocycles. The van der Waals surface area contributed by atoms with E-state index in [4.69, 9.17) is 4.74 Å². The van der Waals surface area contributed by atoms with Crippen LogP contribution < -0.4 is 9.64 Å². The lowest BCUT2D eigenvalue weighted by Gasteiger charge is -2.39. The fraction of sp³-hybridized carbons (Fsp3) is 0.556. The molecule has 0 amide bonds. The number of hydrogen-bond acceptors (Lipinski definition) is 4. The van der Waals surface area contributed by atoms with E-state index < -0.39 is 5.60 Å². The highest BCUT2D eigenvalue weighted by atomic mass is 35.5. The molecule has 0 radical (unpaired) electrons. The van der Waals surface area contributed by atoms with Gasteiger partial charge >= 0.3 is 0 Å². The van der Waals surface area contributed by atoms with Crippen LogP contribution in [0.25, 0.3) is 0 Å². The van der Waals surface area contributed by atoms with Crippen LogP contribution in [0, 0.1) is 0 Å². The van der Waals surface area contributed by atoms with Crippen LogP contribution in [0.3, 0.4) is 0 Å². The maximum absolute atomic E-state index is 11.1. The molecule has 2 fully saturated rings. The zero-order valence-corrected chi connectivity index (χ0v) is 21.5. The lowest BCUT2D eigenvalue weighted by molar-refractivity contribution is -0.0275. The van der Waals surface area contributed by atoms with Crippen LogP contribution in [0.1, 0.15) is 56.9 Å². The van der Waals surface area contributed by atoms with Crippen LogP contribution in [-0.4, -0.2) is 48.4 Å². The fourth-order valence-corrected chi connectivity index (χ4v) is 4.88. The molecule has 1 N–H and O–H groups in total. The number of benzene rings is 2. The Balaban J connectivity index is 0.00000193. The molecule has 4 rings (SSSR count). The minimum absolute atomic E-state index is 0. The minimum Gasteiger partial charge on any atom is -0.490 e. The Kier molecular flexibility index (Phi) is 11.3. The first-order valence-corrected chi connectivity index (χ1v) is 12.1. The van der Waals surface area contributed by atoms with Crippen LogP contribution in [-0.2, 0) is 6.54 Å². The smallest absolute Gasteiger partial charge is 0.119 e. The molecule has 1 heterocycles. The maximum atomic E-state index is 11.1. The second kappa shape index (κ2) is 13.4. The summed E-state index contributed by atoms with van der Waals surface area (Å²) in [5, 5.41) is 11.1. The van der Waals surface area contributed by atoms with Crippen LogP contribution in [0.15, 0.2) is 54.6 Å². The van der Waals surface area contributed by atoms with Gasteiger partial charge in [-0.15, -0.1) is 24.8 Å². The summed E-state index contributed by atoms with van der Waals surface area (Å²) in [4.78, 5) is 4.71. The van der Waals surface area contributed by atoms with Crippen molar-refractivity contribution in [2.45, 2.75) is 69.6 Å². The van der Waals surface area contributed by atoms with Crippen LogP contribution in [0.5, 0.6) is 5.75 Å². The molecule has 0 atom stereocenters. The van der Waals surface area contributed by atoms with Gasteiger partial charge in [-0.2, -0.15) is 0 Å². The van der Waals surface area contributed by atoms with Crippen LogP contribution >= 0.6 is 24.8 Å². The van der Waals surface area contributed by atoms with Gasteiger partial charge in [-0.25, -0.2) is 0 Å². The molecule has 1 aliphatic heterocycles. The number of rotatable bonds is 8. The van der Waals surface area contributed by atoms with Crippen molar-refractivity contribution >= 4 is 30.5 Å². The first-order chi connectivity index (χ1) is 15.1. The Morgan fingerprint density at radius 2 is 1.58 bits per heavy atom. The Morgan fingerprint density at radius 3 is 2.21 bits per heavy atom. The summed E-state index contributed by atoms with van der Waals surface area (Å²) in [5.41, 5.74) is 1.98. The predicted octanol–water partition coefficient (Wildman–Crippen LogP) is 6.10. The minimum atomic E-state index is -0.550. The van der Waals surface area contributed by atoms with E-state index in [-0.39, 0.29) is 24.8 Å². The molecule has 6 heteroatoms. The molecule has 2 aliphatic rings. The van der Waals surface area contributed by atoms with E-state index in [1.165, 1.54) is 43.4 Å². The van der Waals surface area contributed by atoms with Gasteiger partial charge in [0.2, 0.25) is 0 Å². The number of aliphatic hydroxyl groups is 1. The van der Waals surface area contributed by atoms with Crippen molar-refractivity contribution in [2.24, 2.45) is 0 Å². The van der Waals surface area contributed by atoms with Crippen molar-refractivity contribution in [1.82, 2.24) is 4.90 Å². The first-order valence-electron chi connectivity index (χ1n) is 12.1. The monoisotopic (exact) mass is 494 g/mol. The van der Waals surface area contributed by atoms with E-state index in [1.807, 2.05) is 0 Å². The molecular formula is C27H40Cl2N2O2. The summed E-state index contributed by atoms with van der Waals surface area (Å²) in [5.74, 6) is 0.980. The zero-order valence-electron chi connectivity index (χ0n) is 19.8. The average molecular weight is 496 g/mol. The molecule has 33 heavy (non-hydrogen) atoms. The molecular weight excluding hydrogens is 455 g/mol. The van der Waals surface area contributed by atoms with Gasteiger partial charge < -0.3 is 14.7 Å². The van der Waals surface area contributed by atoms with Crippen molar-refractivity contribution in [3.05, 3.63) is 60.2 Å². The number of likely N-dealkylation sites (tertiary alicyclic amines) is 1. The molecule has 4 nitrogen and oxygen atoms in total. The zero-order chi connectivity index (χ0) is 21.5. The van der Waals surface area contributed by atoms with E-state index in [9.17, 15) is 5.11 Å². The first kappa shape index (κ1) is 27.8. The van der Waals surface area contributed by atoms with Crippen molar-refractivity contribution in [3.8, 4) is 5.75 Å². The molecule has 184 valence electrons. The highest BCUT2D eigenvalue weighted by Crippen LogP contribution is 2.29. The van der Waals surface area contributed by atoms with Gasteiger partial charge in [-0.3, -0.25) is 4.90 Å². The molecule has 2 aromatic carbocycles. The Hall–Kier alpha value is -1.46. The van der Waals surface area contributed by atoms with Gasteiger partial charge in [0.1, 0.15) is 5.75 Å². The number of ether oxygens (including phenoxy) is 1. The Bertz CT molecular complexity index is 790. The largest absolute Gasteiger partial charge is 0.490 e. The number of halogens is 2. The van der Waals surface area contributed by atoms with Gasteiger partial charge in [0.05, 0.1) is 11.7 Å². The number of piperidine rings is 1. The molecule has 1 aliphatic carbocycles. The normalized spacial score (nSPS) is 18.6. The Labute approximate surface area is 212 Å². The van der Waals surface area contributed by atoms with Crippen molar-refractivity contribution in [2.75, 3.05) is 31.6 Å². The van der Waals surface area contributed by atoms with Crippen molar-refractivity contribution in [1.29, 1.82) is 0 Å². The summed E-state index contributed by atoms with van der Waals surface area (Å²) in [6.07, 6.45) is 9.19. The van der Waals surface area contributed by atoms with Gasteiger partial charge in [-0.05, 0) is 74.8 Å². The van der Waals surface area contributed by atoms with Crippen LogP contribution in [0.2, 0.25) is 0 Å². The maximum Gasteiger partial charge on any atom is 0.119 e. The van der Waals surface area contributed by atoms with Gasteiger partial charge in [0.25, 0.3) is 0 Å². The summed E-state index contributed by atoms with van der Waals surface area (Å²) in [6, 6.07) is 19.1. The fourth-order valence-electron chi connectivity index (χ4n) is 4.88. The van der Waals surface area contributed by atoms with Gasteiger partial charge in [-0.1, -0.05) is 36.8 Å². The summed E-state index contributed by atoms with van der Waals surface area (Å²) >= 11 is 0. The molecule has 0 spiro atoms. The summed E-state index contributed by atoms with van der Waals surface area (Å²) in [7, 11) is 2.12. The quantitative estimate of drug-likeness (QED) is 0.481. The third kappa shape index (κ3) is 8.36. The van der Waals surface area contributed by atoms with Crippen molar-refractivity contribution < 1.29 is 9.84 Å². The molecule has 0 aromatic heterocycles. The van der Waals surface area contributed by atoms with Crippen LogP contribution in [0.4, 0.5) is 5.69 Å². The number of nitrogens with zero attached hydrogens (tertiary/aromatic N) is 2. The van der Waals surface area contributed by atoms with Crippen molar-refractivity contribution in [3.63, 3.8) is 0 Å². The molecule has 2 aromatic rings. The highest BCUT2D eigenvalue weighted by molar-refractivity contribution is 5.85. The SMILES string of the molecule is CN(CCC1(O)CCN(Cc2ccccc2)CC1)c1ccc(OC2CCCCC2)cc1.Cl.Cl. The molecule has 0 bridgehead atoms. The number of anilines is 1. The van der Waals surface area contributed by atoms with E-state index in [2.05, 4.69) is 71.4 Å². The Morgan fingerprint density at radius 1 is 0.939 bits per heavy atom. The predicted molar refractivity (Wildman–Crippen MR) is 142 cm³/mol. The molecule has 1 saturated carbocycles. The van der Waals surface area contributed by atoms with E-state index in [1.54, 1.807) is 0 Å². The third-order valence-corrected chi connectivity index (χ3v) is 7.08. The lowest BCUT2D eigenvalue weighted by Crippen LogP contribution is -2.45. The van der Waals surface area contributed by atoms with Gasteiger partial charge in [0.15, 0.2) is 0 Å². The third-order valence-electron chi connectivity index (χ3n) is 7.08. The van der Waals surface area contributed by atoms with Gasteiger partial charge in [0, 0.05) is 38.9 Å². The average Bonchev–Trinajstić information content (AvgIpc) is 2.81. The van der Waals surface area contributed by atoms with E-state index >= 15 is 0 Å². The second-order valence-corrected chi connectivity index (χ2v) is 9.53. The second-order valence-electron chi connectivity index (χ2n) is 9.53. The topological polar surface area (TPSA) is 35.9 Å². The lowest BCUT2D eigenvalue weighted by atomic mass is 9.88. The summed E-state index contributed by atoms with van der Waals surface area (Å²) in [6.45, 7) is 3.76. The standard InChI is InChI=1S/C27H38N2O2.2ClH/c1-28(24-12-14-26(15-13-24)31-25-10-6-3-7-11-25)19-16-27(30)17-20-29(21-18-27)22-23-8-4-2-5-9-23;;/h2,4-5,8-9,12-15,25,30H,3,6-7,10-11,16-22H2,1H3;2*1H. The molecule has 0 unspecified atom stereocenters. The van der Waals surface area contributed by atoms with E-state index in [0.29, 0.717) is 6.10 Å². The van der Waals surface area contributed by atoms with E-state index in [0.717, 1.165) is 51.2 Å². The number of hydrogen-bond donors (Lipinski definition) is 1. The summed E-state index contributed by atoms with van der Waals surface area (Å²) < 4.78 is 6.15.